The van der Waals surface area contributed by atoms with Crippen molar-refractivity contribution in [2.75, 3.05) is 20.8 Å². The summed E-state index contributed by atoms with van der Waals surface area (Å²) >= 11 is 0. The second-order valence-electron chi connectivity index (χ2n) is 4.47. The van der Waals surface area contributed by atoms with Crippen LogP contribution < -0.4 is 5.56 Å². The summed E-state index contributed by atoms with van der Waals surface area (Å²) in [5, 5.41) is 4.06. The van der Waals surface area contributed by atoms with Crippen molar-refractivity contribution in [3.63, 3.8) is 0 Å². The van der Waals surface area contributed by atoms with E-state index in [2.05, 4.69) is 15.1 Å². The molecule has 0 aromatic carbocycles. The molecular formula is C13H17N5O3. The minimum absolute atomic E-state index is 0.208. The number of aromatic amines is 1. The van der Waals surface area contributed by atoms with Gasteiger partial charge in [-0.2, -0.15) is 5.10 Å². The minimum atomic E-state index is -0.280. The first-order valence-electron chi connectivity index (χ1n) is 6.42. The molecule has 0 aliphatic carbocycles. The van der Waals surface area contributed by atoms with Gasteiger partial charge in [0.25, 0.3) is 11.5 Å². The van der Waals surface area contributed by atoms with Crippen molar-refractivity contribution in [3.8, 4) is 0 Å². The number of H-pyrrole nitrogens is 1. The van der Waals surface area contributed by atoms with Crippen LogP contribution in [0.5, 0.6) is 0 Å². The summed E-state index contributed by atoms with van der Waals surface area (Å²) in [4.78, 5) is 32.4. The molecule has 0 aliphatic heterocycles. The molecule has 2 heterocycles. The Labute approximate surface area is 121 Å². The number of rotatable bonds is 6. The van der Waals surface area contributed by atoms with Gasteiger partial charge in [0.15, 0.2) is 0 Å². The van der Waals surface area contributed by atoms with Gasteiger partial charge in [-0.3, -0.25) is 9.59 Å². The molecule has 2 rings (SSSR count). The molecule has 1 N–H and O–H groups in total. The summed E-state index contributed by atoms with van der Waals surface area (Å²) in [5.41, 5.74) is -0.0583. The van der Waals surface area contributed by atoms with Gasteiger partial charge in [0.2, 0.25) is 0 Å². The number of hydrogen-bond acceptors (Lipinski definition) is 5. The monoisotopic (exact) mass is 291 g/mol. The summed E-state index contributed by atoms with van der Waals surface area (Å²) in [6.45, 7) is 0.996. The lowest BCUT2D eigenvalue weighted by Crippen LogP contribution is -2.31. The van der Waals surface area contributed by atoms with E-state index >= 15 is 0 Å². The smallest absolute Gasteiger partial charge is 0.274 e. The zero-order chi connectivity index (χ0) is 15.2. The molecule has 0 aliphatic rings. The molecule has 0 unspecified atom stereocenters. The van der Waals surface area contributed by atoms with Crippen molar-refractivity contribution in [2.45, 2.75) is 13.1 Å². The summed E-state index contributed by atoms with van der Waals surface area (Å²) in [7, 11) is 3.19. The standard InChI is InChI=1S/C13H17N5O3/c1-17(9-11-14-5-6-15-11)13(20)10-3-4-12(19)18(16-10)7-8-21-2/h3-6H,7-9H2,1-2H3,(H,14,15). The second-order valence-corrected chi connectivity index (χ2v) is 4.47. The molecule has 0 bridgehead atoms. The van der Waals surface area contributed by atoms with Crippen molar-refractivity contribution in [1.29, 1.82) is 0 Å². The Morgan fingerprint density at radius 3 is 2.95 bits per heavy atom. The van der Waals surface area contributed by atoms with Crippen LogP contribution in [0, 0.1) is 0 Å². The predicted molar refractivity (Wildman–Crippen MR) is 74.8 cm³/mol. The minimum Gasteiger partial charge on any atom is -0.383 e. The van der Waals surface area contributed by atoms with Gasteiger partial charge in [-0.05, 0) is 6.07 Å². The first-order valence-corrected chi connectivity index (χ1v) is 6.42. The summed E-state index contributed by atoms with van der Waals surface area (Å²) in [6, 6.07) is 2.75. The average molecular weight is 291 g/mol. The highest BCUT2D eigenvalue weighted by atomic mass is 16.5. The lowest BCUT2D eigenvalue weighted by atomic mass is 10.3. The number of methoxy groups -OCH3 is 1. The van der Waals surface area contributed by atoms with Crippen LogP contribution in [0.15, 0.2) is 29.3 Å². The highest BCUT2D eigenvalue weighted by molar-refractivity contribution is 5.91. The van der Waals surface area contributed by atoms with Crippen molar-refractivity contribution in [1.82, 2.24) is 24.6 Å². The number of ether oxygens (including phenoxy) is 1. The van der Waals surface area contributed by atoms with E-state index in [-0.39, 0.29) is 17.2 Å². The molecule has 2 aromatic rings. The van der Waals surface area contributed by atoms with Gasteiger partial charge < -0.3 is 14.6 Å². The average Bonchev–Trinajstić information content (AvgIpc) is 2.98. The maximum Gasteiger partial charge on any atom is 0.274 e. The van der Waals surface area contributed by atoms with Crippen LogP contribution >= 0.6 is 0 Å². The van der Waals surface area contributed by atoms with Gasteiger partial charge in [-0.15, -0.1) is 0 Å². The van der Waals surface area contributed by atoms with Crippen LogP contribution in [0.3, 0.4) is 0 Å². The maximum absolute atomic E-state index is 12.3. The van der Waals surface area contributed by atoms with Crippen LogP contribution in [-0.2, 0) is 17.8 Å². The Morgan fingerprint density at radius 1 is 1.48 bits per heavy atom. The fourth-order valence-corrected chi connectivity index (χ4v) is 1.78. The molecule has 0 radical (unpaired) electrons. The number of carbonyl (C=O) groups excluding carboxylic acids is 1. The van der Waals surface area contributed by atoms with E-state index in [1.54, 1.807) is 19.4 Å². The van der Waals surface area contributed by atoms with Gasteiger partial charge in [-0.25, -0.2) is 9.67 Å². The van der Waals surface area contributed by atoms with Gasteiger partial charge in [0.05, 0.1) is 19.7 Å². The summed E-state index contributed by atoms with van der Waals surface area (Å²) in [6.07, 6.45) is 3.31. The molecule has 1 amide bonds. The first-order chi connectivity index (χ1) is 10.1. The number of amides is 1. The van der Waals surface area contributed by atoms with E-state index in [0.29, 0.717) is 25.5 Å². The van der Waals surface area contributed by atoms with E-state index in [9.17, 15) is 9.59 Å². The Hall–Kier alpha value is -2.48. The zero-order valence-corrected chi connectivity index (χ0v) is 11.9. The Balaban J connectivity index is 2.12. The van der Waals surface area contributed by atoms with Gasteiger partial charge >= 0.3 is 0 Å². The molecule has 21 heavy (non-hydrogen) atoms. The first kappa shape index (κ1) is 14.9. The van der Waals surface area contributed by atoms with E-state index < -0.39 is 0 Å². The molecule has 8 heteroatoms. The molecule has 112 valence electrons. The van der Waals surface area contributed by atoms with E-state index in [0.717, 1.165) is 0 Å². The van der Waals surface area contributed by atoms with Gasteiger partial charge in [-0.1, -0.05) is 0 Å². The number of nitrogens with zero attached hydrogens (tertiary/aromatic N) is 4. The van der Waals surface area contributed by atoms with Crippen LogP contribution in [0.25, 0.3) is 0 Å². The number of aromatic nitrogens is 4. The van der Waals surface area contributed by atoms with Crippen LogP contribution in [0.2, 0.25) is 0 Å². The summed E-state index contributed by atoms with van der Waals surface area (Å²) < 4.78 is 6.13. The fraction of sp³-hybridized carbons (Fsp3) is 0.385. The number of carbonyl (C=O) groups is 1. The normalized spacial score (nSPS) is 10.6. The lowest BCUT2D eigenvalue weighted by molar-refractivity contribution is 0.0772. The largest absolute Gasteiger partial charge is 0.383 e. The van der Waals surface area contributed by atoms with E-state index in [1.165, 1.54) is 28.8 Å². The van der Waals surface area contributed by atoms with Crippen molar-refractivity contribution < 1.29 is 9.53 Å². The topological polar surface area (TPSA) is 93.1 Å². The fourth-order valence-electron chi connectivity index (χ4n) is 1.78. The molecule has 0 saturated carbocycles. The van der Waals surface area contributed by atoms with Gasteiger partial charge in [0, 0.05) is 32.6 Å². The predicted octanol–water partition coefficient (Wildman–Crippen LogP) is -0.115. The Morgan fingerprint density at radius 2 is 2.29 bits per heavy atom. The molecule has 0 spiro atoms. The van der Waals surface area contributed by atoms with Crippen LogP contribution in [0.1, 0.15) is 16.3 Å². The second kappa shape index (κ2) is 6.80. The Kier molecular flexibility index (Phi) is 4.83. The number of imidazole rings is 1. The van der Waals surface area contributed by atoms with Crippen molar-refractivity contribution in [2.24, 2.45) is 0 Å². The third kappa shape index (κ3) is 3.76. The van der Waals surface area contributed by atoms with Crippen molar-refractivity contribution in [3.05, 3.63) is 46.4 Å². The third-order valence-electron chi connectivity index (χ3n) is 2.88. The maximum atomic E-state index is 12.3. The molecule has 8 nitrogen and oxygen atoms in total. The highest BCUT2D eigenvalue weighted by Gasteiger charge is 2.15. The Bertz CT molecular complexity index is 650. The quantitative estimate of drug-likeness (QED) is 0.801. The third-order valence-corrected chi connectivity index (χ3v) is 2.88. The molecule has 2 aromatic heterocycles. The SMILES string of the molecule is COCCn1nc(C(=O)N(C)Cc2ncc[nH]2)ccc1=O. The summed E-state index contributed by atoms with van der Waals surface area (Å²) in [5.74, 6) is 0.399. The zero-order valence-electron chi connectivity index (χ0n) is 11.9. The molecular weight excluding hydrogens is 274 g/mol. The molecule has 0 atom stereocenters. The van der Waals surface area contributed by atoms with E-state index in [1.807, 2.05) is 0 Å². The van der Waals surface area contributed by atoms with Crippen molar-refractivity contribution >= 4 is 5.91 Å². The highest BCUT2D eigenvalue weighted by Crippen LogP contribution is 2.02. The number of hydrogen-bond donors (Lipinski definition) is 1. The van der Waals surface area contributed by atoms with Crippen LogP contribution in [-0.4, -0.2) is 51.3 Å². The lowest BCUT2D eigenvalue weighted by Gasteiger charge is -2.15. The van der Waals surface area contributed by atoms with E-state index in [4.69, 9.17) is 4.74 Å². The number of nitrogens with one attached hydrogen (secondary N) is 1. The molecule has 0 fully saturated rings. The molecule has 0 saturated heterocycles. The van der Waals surface area contributed by atoms with Gasteiger partial charge in [0.1, 0.15) is 11.5 Å². The van der Waals surface area contributed by atoms with Crippen LogP contribution in [0.4, 0.5) is 0 Å².